The highest BCUT2D eigenvalue weighted by Crippen LogP contribution is 2.34. The van der Waals surface area contributed by atoms with Crippen molar-refractivity contribution in [3.05, 3.63) is 53.6 Å². The van der Waals surface area contributed by atoms with E-state index >= 15 is 0 Å². The highest BCUT2D eigenvalue weighted by atomic mass is 16.3. The van der Waals surface area contributed by atoms with Crippen LogP contribution in [0.15, 0.2) is 46.9 Å². The fraction of sp³-hybridized carbons (Fsp3) is 0.125. The third-order valence-electron chi connectivity index (χ3n) is 3.16. The van der Waals surface area contributed by atoms with Gasteiger partial charge in [-0.3, -0.25) is 0 Å². The summed E-state index contributed by atoms with van der Waals surface area (Å²) in [5, 5.41) is 11.0. The van der Waals surface area contributed by atoms with E-state index in [1.165, 1.54) is 0 Å². The van der Waals surface area contributed by atoms with Gasteiger partial charge in [-0.05, 0) is 37.6 Å². The van der Waals surface area contributed by atoms with Crippen LogP contribution in [0.2, 0.25) is 0 Å². The summed E-state index contributed by atoms with van der Waals surface area (Å²) in [7, 11) is 0. The van der Waals surface area contributed by atoms with Crippen LogP contribution >= 0.6 is 0 Å². The lowest BCUT2D eigenvalue weighted by atomic mass is 10.1. The van der Waals surface area contributed by atoms with Gasteiger partial charge in [0, 0.05) is 5.39 Å². The van der Waals surface area contributed by atoms with Crippen molar-refractivity contribution in [1.29, 1.82) is 0 Å². The van der Waals surface area contributed by atoms with Crippen molar-refractivity contribution in [2.75, 3.05) is 0 Å². The van der Waals surface area contributed by atoms with E-state index in [1.807, 2.05) is 50.2 Å². The van der Waals surface area contributed by atoms with Crippen LogP contribution in [0.1, 0.15) is 11.1 Å². The largest absolute Gasteiger partial charge is 0.507 e. The molecule has 2 aromatic carbocycles. The molecule has 0 bridgehead atoms. The molecule has 90 valence electrons. The maximum absolute atomic E-state index is 9.92. The van der Waals surface area contributed by atoms with Gasteiger partial charge in [0.25, 0.3) is 0 Å². The summed E-state index contributed by atoms with van der Waals surface area (Å²) in [5.41, 5.74) is 3.82. The molecule has 0 amide bonds. The van der Waals surface area contributed by atoms with Crippen LogP contribution in [0.25, 0.3) is 22.3 Å². The second-order valence-electron chi connectivity index (χ2n) is 4.62. The fourth-order valence-corrected chi connectivity index (χ4v) is 2.19. The number of rotatable bonds is 1. The molecule has 0 aliphatic heterocycles. The molecule has 3 rings (SSSR count). The molecule has 2 heteroatoms. The van der Waals surface area contributed by atoms with Gasteiger partial charge in [-0.2, -0.15) is 0 Å². The molecule has 0 radical (unpaired) electrons. The van der Waals surface area contributed by atoms with Crippen molar-refractivity contribution < 1.29 is 9.52 Å². The molecule has 0 saturated carbocycles. The minimum atomic E-state index is 0.248. The van der Waals surface area contributed by atoms with Crippen LogP contribution < -0.4 is 0 Å². The van der Waals surface area contributed by atoms with Crippen molar-refractivity contribution in [2.24, 2.45) is 0 Å². The first-order valence-corrected chi connectivity index (χ1v) is 5.94. The van der Waals surface area contributed by atoms with E-state index < -0.39 is 0 Å². The molecule has 0 fully saturated rings. The number of fused-ring (bicyclic) bond motifs is 1. The second-order valence-corrected chi connectivity index (χ2v) is 4.62. The summed E-state index contributed by atoms with van der Waals surface area (Å²) >= 11 is 0. The summed E-state index contributed by atoms with van der Waals surface area (Å²) in [6.07, 6.45) is 0. The highest BCUT2D eigenvalue weighted by molar-refractivity contribution is 5.86. The molecular formula is C16H14O2. The van der Waals surface area contributed by atoms with E-state index in [0.29, 0.717) is 5.76 Å². The maximum Gasteiger partial charge on any atom is 0.139 e. The summed E-state index contributed by atoms with van der Waals surface area (Å²) in [5.74, 6) is 0.956. The topological polar surface area (TPSA) is 33.4 Å². The van der Waals surface area contributed by atoms with Gasteiger partial charge in [-0.1, -0.05) is 29.8 Å². The maximum atomic E-state index is 9.92. The zero-order chi connectivity index (χ0) is 12.7. The average Bonchev–Trinajstić information content (AvgIpc) is 2.77. The molecule has 0 atom stereocenters. The quantitative estimate of drug-likeness (QED) is 0.680. The van der Waals surface area contributed by atoms with Gasteiger partial charge < -0.3 is 9.52 Å². The summed E-state index contributed by atoms with van der Waals surface area (Å²) in [6.45, 7) is 4.02. The third-order valence-corrected chi connectivity index (χ3v) is 3.16. The lowest BCUT2D eigenvalue weighted by molar-refractivity contribution is 0.474. The van der Waals surface area contributed by atoms with E-state index in [1.54, 1.807) is 6.07 Å². The molecular weight excluding hydrogens is 224 g/mol. The van der Waals surface area contributed by atoms with Crippen LogP contribution in [0.3, 0.4) is 0 Å². The standard InChI is InChI=1S/C16H14O2/c1-10-6-7-14(17)13(8-10)15-9-12-5-3-4-11(2)16(12)18-15/h3-9,17H,1-2H3. The van der Waals surface area contributed by atoms with Gasteiger partial charge in [-0.25, -0.2) is 0 Å². The molecule has 0 spiro atoms. The van der Waals surface area contributed by atoms with Crippen LogP contribution in [-0.4, -0.2) is 5.11 Å². The van der Waals surface area contributed by atoms with Crippen molar-refractivity contribution in [3.8, 4) is 17.1 Å². The van der Waals surface area contributed by atoms with Gasteiger partial charge in [-0.15, -0.1) is 0 Å². The normalized spacial score (nSPS) is 11.0. The molecule has 3 aromatic rings. The van der Waals surface area contributed by atoms with Gasteiger partial charge >= 0.3 is 0 Å². The van der Waals surface area contributed by atoms with Gasteiger partial charge in [0.15, 0.2) is 0 Å². The SMILES string of the molecule is Cc1ccc(O)c(-c2cc3cccc(C)c3o2)c1. The Balaban J connectivity index is 2.26. The predicted molar refractivity (Wildman–Crippen MR) is 72.8 cm³/mol. The number of phenols is 1. The molecule has 2 nitrogen and oxygen atoms in total. The number of benzene rings is 2. The number of hydrogen-bond acceptors (Lipinski definition) is 2. The van der Waals surface area contributed by atoms with Crippen molar-refractivity contribution in [2.45, 2.75) is 13.8 Å². The van der Waals surface area contributed by atoms with E-state index in [9.17, 15) is 5.11 Å². The van der Waals surface area contributed by atoms with Crippen LogP contribution in [0.4, 0.5) is 0 Å². The first-order valence-electron chi connectivity index (χ1n) is 5.94. The monoisotopic (exact) mass is 238 g/mol. The zero-order valence-electron chi connectivity index (χ0n) is 10.4. The first-order chi connectivity index (χ1) is 8.65. The number of para-hydroxylation sites is 1. The molecule has 18 heavy (non-hydrogen) atoms. The fourth-order valence-electron chi connectivity index (χ4n) is 2.19. The average molecular weight is 238 g/mol. The number of aromatic hydroxyl groups is 1. The molecule has 0 saturated heterocycles. The molecule has 1 aromatic heterocycles. The second kappa shape index (κ2) is 3.91. The van der Waals surface area contributed by atoms with Gasteiger partial charge in [0.05, 0.1) is 5.56 Å². The Morgan fingerprint density at radius 2 is 1.83 bits per heavy atom. The Morgan fingerprint density at radius 3 is 2.61 bits per heavy atom. The number of furan rings is 1. The first kappa shape index (κ1) is 10.9. The molecule has 1 N–H and O–H groups in total. The Morgan fingerprint density at radius 1 is 1.00 bits per heavy atom. The molecule has 0 unspecified atom stereocenters. The van der Waals surface area contributed by atoms with Crippen molar-refractivity contribution in [1.82, 2.24) is 0 Å². The highest BCUT2D eigenvalue weighted by Gasteiger charge is 2.11. The van der Waals surface area contributed by atoms with E-state index in [0.717, 1.165) is 27.7 Å². The Bertz CT molecular complexity index is 723. The summed E-state index contributed by atoms with van der Waals surface area (Å²) < 4.78 is 5.86. The van der Waals surface area contributed by atoms with Crippen LogP contribution in [0, 0.1) is 13.8 Å². The van der Waals surface area contributed by atoms with E-state index in [-0.39, 0.29) is 5.75 Å². The Hall–Kier alpha value is -2.22. The van der Waals surface area contributed by atoms with Crippen LogP contribution in [0.5, 0.6) is 5.75 Å². The van der Waals surface area contributed by atoms with Gasteiger partial charge in [0.2, 0.25) is 0 Å². The smallest absolute Gasteiger partial charge is 0.139 e. The van der Waals surface area contributed by atoms with Gasteiger partial charge in [0.1, 0.15) is 17.1 Å². The zero-order valence-corrected chi connectivity index (χ0v) is 10.4. The van der Waals surface area contributed by atoms with Crippen LogP contribution in [-0.2, 0) is 0 Å². The number of hydrogen-bond donors (Lipinski definition) is 1. The third kappa shape index (κ3) is 1.66. The minimum absolute atomic E-state index is 0.248. The Kier molecular flexibility index (Phi) is 2.37. The minimum Gasteiger partial charge on any atom is -0.507 e. The number of phenolic OH excluding ortho intramolecular Hbond substituents is 1. The number of aryl methyl sites for hydroxylation is 2. The summed E-state index contributed by atoms with van der Waals surface area (Å²) in [6, 6.07) is 13.5. The van der Waals surface area contributed by atoms with Crippen molar-refractivity contribution in [3.63, 3.8) is 0 Å². The summed E-state index contributed by atoms with van der Waals surface area (Å²) in [4.78, 5) is 0. The van der Waals surface area contributed by atoms with Crippen molar-refractivity contribution >= 4 is 11.0 Å². The lowest BCUT2D eigenvalue weighted by Gasteiger charge is -2.02. The van der Waals surface area contributed by atoms with E-state index in [2.05, 4.69) is 0 Å². The predicted octanol–water partition coefficient (Wildman–Crippen LogP) is 4.42. The lowest BCUT2D eigenvalue weighted by Crippen LogP contribution is -1.78. The molecule has 0 aliphatic carbocycles. The Labute approximate surface area is 105 Å². The van der Waals surface area contributed by atoms with E-state index in [4.69, 9.17) is 4.42 Å². The molecule has 1 heterocycles. The molecule has 0 aliphatic rings.